The fourth-order valence-electron chi connectivity index (χ4n) is 5.12. The van der Waals surface area contributed by atoms with Crippen LogP contribution in [0.2, 0.25) is 0 Å². The van der Waals surface area contributed by atoms with E-state index in [-0.39, 0.29) is 30.0 Å². The number of hydrogen-bond donors (Lipinski definition) is 1. The van der Waals surface area contributed by atoms with Crippen molar-refractivity contribution < 1.29 is 14.3 Å². The summed E-state index contributed by atoms with van der Waals surface area (Å²) in [6.45, 7) is 11.6. The van der Waals surface area contributed by atoms with Gasteiger partial charge in [-0.2, -0.15) is 0 Å². The van der Waals surface area contributed by atoms with Crippen LogP contribution in [0.5, 0.6) is 0 Å². The number of ether oxygens (including phenoxy) is 1. The molecule has 4 rings (SSSR count). The number of fused-ring (bicyclic) bond motifs is 3. The molecule has 0 radical (unpaired) electrons. The Morgan fingerprint density at radius 2 is 1.79 bits per heavy atom. The summed E-state index contributed by atoms with van der Waals surface area (Å²) in [4.78, 5) is 30.0. The molecule has 2 aliphatic heterocycles. The summed E-state index contributed by atoms with van der Waals surface area (Å²) in [6, 6.07) is 16.2. The molecular formula is C27H35N3O3. The predicted molar refractivity (Wildman–Crippen MR) is 130 cm³/mol. The molecule has 2 aliphatic rings. The molecule has 2 amide bonds. The lowest BCUT2D eigenvalue weighted by Gasteiger charge is -2.40. The van der Waals surface area contributed by atoms with E-state index >= 15 is 0 Å². The Labute approximate surface area is 196 Å². The molecule has 1 saturated heterocycles. The average molecular weight is 450 g/mol. The maximum atomic E-state index is 13.2. The van der Waals surface area contributed by atoms with Crippen molar-refractivity contribution in [3.63, 3.8) is 0 Å². The van der Waals surface area contributed by atoms with E-state index in [1.807, 2.05) is 80.8 Å². The van der Waals surface area contributed by atoms with Crippen molar-refractivity contribution in [3.05, 3.63) is 65.2 Å². The number of amides is 2. The van der Waals surface area contributed by atoms with Gasteiger partial charge >= 0.3 is 6.09 Å². The number of benzene rings is 2. The Morgan fingerprint density at radius 1 is 1.09 bits per heavy atom. The Morgan fingerprint density at radius 3 is 2.42 bits per heavy atom. The third-order valence-corrected chi connectivity index (χ3v) is 6.64. The first-order chi connectivity index (χ1) is 15.7. The minimum atomic E-state index is -0.565. The molecule has 6 nitrogen and oxygen atoms in total. The molecule has 2 heterocycles. The predicted octanol–water partition coefficient (Wildman–Crippen LogP) is 5.63. The van der Waals surface area contributed by atoms with E-state index in [1.165, 1.54) is 5.56 Å². The van der Waals surface area contributed by atoms with E-state index in [0.717, 1.165) is 17.7 Å². The Bertz CT molecular complexity index is 1010. The van der Waals surface area contributed by atoms with Gasteiger partial charge in [-0.05, 0) is 70.4 Å². The lowest BCUT2D eigenvalue weighted by molar-refractivity contribution is 0.0198. The SMILES string of the molecule is CCN(CC)C(=O)c1ccc2c(c1)[C@@H]1[C@@H](CCN1C(=O)OC(C)(C)C)C(c1ccccc1)N2. The number of nitrogens with one attached hydrogen (secondary N) is 1. The van der Waals surface area contributed by atoms with Crippen molar-refractivity contribution in [2.45, 2.75) is 58.7 Å². The minimum absolute atomic E-state index is 0.0198. The molecule has 0 saturated carbocycles. The highest BCUT2D eigenvalue weighted by Gasteiger charge is 2.47. The third-order valence-electron chi connectivity index (χ3n) is 6.64. The normalized spacial score (nSPS) is 21.6. The van der Waals surface area contributed by atoms with Gasteiger partial charge in [0.05, 0.1) is 12.1 Å². The highest BCUT2D eigenvalue weighted by molar-refractivity contribution is 5.95. The average Bonchev–Trinajstić information content (AvgIpc) is 3.24. The van der Waals surface area contributed by atoms with Crippen molar-refractivity contribution in [2.24, 2.45) is 5.92 Å². The molecule has 0 bridgehead atoms. The van der Waals surface area contributed by atoms with Gasteiger partial charge in [-0.15, -0.1) is 0 Å². The number of nitrogens with zero attached hydrogens (tertiary/aromatic N) is 2. The van der Waals surface area contributed by atoms with Crippen LogP contribution in [0.15, 0.2) is 48.5 Å². The quantitative estimate of drug-likeness (QED) is 0.657. The molecule has 33 heavy (non-hydrogen) atoms. The van der Waals surface area contributed by atoms with E-state index in [4.69, 9.17) is 4.74 Å². The van der Waals surface area contributed by atoms with Gasteiger partial charge in [-0.1, -0.05) is 30.3 Å². The van der Waals surface area contributed by atoms with Gasteiger partial charge in [0.15, 0.2) is 0 Å². The standard InChI is InChI=1S/C27H35N3O3/c1-6-29(7-2)25(31)19-13-14-22-21(17-19)24-20(23(28-22)18-11-9-8-10-12-18)15-16-30(24)26(32)33-27(3,4)5/h8-14,17,20,23-24,28H,6-7,15-16H2,1-5H3/t20-,23?,24-/m0/s1. The van der Waals surface area contributed by atoms with Gasteiger partial charge in [0, 0.05) is 36.8 Å². The molecule has 0 spiro atoms. The highest BCUT2D eigenvalue weighted by atomic mass is 16.6. The van der Waals surface area contributed by atoms with Gasteiger partial charge in [-0.3, -0.25) is 4.79 Å². The maximum Gasteiger partial charge on any atom is 0.410 e. The second kappa shape index (κ2) is 9.08. The summed E-state index contributed by atoms with van der Waals surface area (Å²) in [6.07, 6.45) is 0.569. The molecular weight excluding hydrogens is 414 g/mol. The number of likely N-dealkylation sites (tertiary alicyclic amines) is 1. The molecule has 1 fully saturated rings. The molecule has 3 atom stereocenters. The van der Waals surface area contributed by atoms with Crippen molar-refractivity contribution in [1.82, 2.24) is 9.80 Å². The van der Waals surface area contributed by atoms with Crippen LogP contribution in [0.1, 0.15) is 74.6 Å². The van der Waals surface area contributed by atoms with Crippen LogP contribution in [0.3, 0.4) is 0 Å². The highest BCUT2D eigenvalue weighted by Crippen LogP contribution is 2.51. The lowest BCUT2D eigenvalue weighted by Crippen LogP contribution is -2.40. The molecule has 1 N–H and O–H groups in total. The summed E-state index contributed by atoms with van der Waals surface area (Å²) >= 11 is 0. The Balaban J connectivity index is 1.76. The summed E-state index contributed by atoms with van der Waals surface area (Å²) in [5.41, 5.74) is 3.26. The summed E-state index contributed by atoms with van der Waals surface area (Å²) in [5, 5.41) is 3.71. The number of hydrogen-bond acceptors (Lipinski definition) is 4. The first-order valence-corrected chi connectivity index (χ1v) is 12.0. The zero-order valence-electron chi connectivity index (χ0n) is 20.3. The topological polar surface area (TPSA) is 61.9 Å². The van der Waals surface area contributed by atoms with E-state index in [2.05, 4.69) is 17.4 Å². The first kappa shape index (κ1) is 23.1. The van der Waals surface area contributed by atoms with E-state index in [9.17, 15) is 9.59 Å². The van der Waals surface area contributed by atoms with Crippen molar-refractivity contribution >= 4 is 17.7 Å². The smallest absolute Gasteiger partial charge is 0.410 e. The van der Waals surface area contributed by atoms with Gasteiger partial charge in [-0.25, -0.2) is 4.79 Å². The fourth-order valence-corrected chi connectivity index (χ4v) is 5.12. The third kappa shape index (κ3) is 4.56. The zero-order chi connectivity index (χ0) is 23.8. The first-order valence-electron chi connectivity index (χ1n) is 12.0. The van der Waals surface area contributed by atoms with Gasteiger partial charge < -0.3 is 19.9 Å². The zero-order valence-corrected chi connectivity index (χ0v) is 20.3. The van der Waals surface area contributed by atoms with Gasteiger partial charge in [0.1, 0.15) is 5.60 Å². The molecule has 0 aliphatic carbocycles. The summed E-state index contributed by atoms with van der Waals surface area (Å²) in [5.74, 6) is 0.206. The van der Waals surface area contributed by atoms with Crippen LogP contribution in [-0.2, 0) is 4.74 Å². The monoisotopic (exact) mass is 449 g/mol. The van der Waals surface area contributed by atoms with Crippen molar-refractivity contribution in [1.29, 1.82) is 0 Å². The second-order valence-electron chi connectivity index (χ2n) is 9.88. The molecule has 2 aromatic carbocycles. The number of carbonyl (C=O) groups is 2. The van der Waals surface area contributed by atoms with Crippen LogP contribution < -0.4 is 5.32 Å². The summed E-state index contributed by atoms with van der Waals surface area (Å²) < 4.78 is 5.77. The van der Waals surface area contributed by atoms with E-state index in [0.29, 0.717) is 25.2 Å². The van der Waals surface area contributed by atoms with E-state index < -0.39 is 5.60 Å². The lowest BCUT2D eigenvalue weighted by atomic mass is 9.79. The molecule has 2 aromatic rings. The minimum Gasteiger partial charge on any atom is -0.444 e. The van der Waals surface area contributed by atoms with Crippen LogP contribution in [0.25, 0.3) is 0 Å². The maximum absolute atomic E-state index is 13.2. The molecule has 176 valence electrons. The van der Waals surface area contributed by atoms with Gasteiger partial charge in [0.2, 0.25) is 0 Å². The van der Waals surface area contributed by atoms with Crippen LogP contribution in [0.4, 0.5) is 10.5 Å². The molecule has 0 aromatic heterocycles. The number of carbonyl (C=O) groups excluding carboxylic acids is 2. The van der Waals surface area contributed by atoms with E-state index in [1.54, 1.807) is 0 Å². The Kier molecular flexibility index (Phi) is 6.37. The van der Waals surface area contributed by atoms with Crippen LogP contribution in [0, 0.1) is 5.92 Å². The fraction of sp³-hybridized carbons (Fsp3) is 0.481. The second-order valence-corrected chi connectivity index (χ2v) is 9.88. The largest absolute Gasteiger partial charge is 0.444 e. The van der Waals surface area contributed by atoms with Crippen molar-refractivity contribution in [3.8, 4) is 0 Å². The molecule has 6 heteroatoms. The number of anilines is 1. The van der Waals surface area contributed by atoms with Crippen molar-refractivity contribution in [2.75, 3.05) is 25.0 Å². The molecule has 1 unspecified atom stereocenters. The van der Waals surface area contributed by atoms with Crippen LogP contribution in [-0.4, -0.2) is 47.0 Å². The Hall–Kier alpha value is -3.02. The van der Waals surface area contributed by atoms with Gasteiger partial charge in [0.25, 0.3) is 5.91 Å². The van der Waals surface area contributed by atoms with Crippen LogP contribution >= 0.6 is 0 Å². The number of rotatable bonds is 4. The summed E-state index contributed by atoms with van der Waals surface area (Å²) in [7, 11) is 0.